The maximum absolute atomic E-state index is 12.6. The lowest BCUT2D eigenvalue weighted by molar-refractivity contribution is -0.137. The molecule has 4 aromatic rings. The number of unbranched alkanes of at least 4 members (excludes halogenated alkanes) is 1. The Morgan fingerprint density at radius 1 is 1.06 bits per heavy atom. The standard InChI is InChI=1S/C27H36N4O2/c1-7-9-12-19(8-2)15-30-16-22(33-27(32)18(5)6)23-25(30)29-24(17(3)4)31-21-14-11-10-13-20(21)28-26(23)31/h10-11,13-14,16-19H,7-9,12,15H2,1-6H3/t19-/m1/s1. The predicted octanol–water partition coefficient (Wildman–Crippen LogP) is 6.74. The maximum Gasteiger partial charge on any atom is 0.313 e. The van der Waals surface area contributed by atoms with E-state index in [4.69, 9.17) is 14.7 Å². The van der Waals surface area contributed by atoms with Crippen molar-refractivity contribution in [2.75, 3.05) is 0 Å². The Labute approximate surface area is 196 Å². The van der Waals surface area contributed by atoms with Crippen molar-refractivity contribution in [1.29, 1.82) is 0 Å². The first-order chi connectivity index (χ1) is 15.8. The summed E-state index contributed by atoms with van der Waals surface area (Å²) < 4.78 is 10.2. The lowest BCUT2D eigenvalue weighted by Gasteiger charge is -2.16. The van der Waals surface area contributed by atoms with Crippen molar-refractivity contribution in [2.24, 2.45) is 11.8 Å². The Hall–Kier alpha value is -2.89. The van der Waals surface area contributed by atoms with Gasteiger partial charge in [0.2, 0.25) is 0 Å². The summed E-state index contributed by atoms with van der Waals surface area (Å²) >= 11 is 0. The zero-order valence-corrected chi connectivity index (χ0v) is 20.8. The number of fused-ring (bicyclic) bond motifs is 5. The third kappa shape index (κ3) is 4.35. The number of carbonyl (C=O) groups excluding carboxylic acids is 1. The Morgan fingerprint density at radius 3 is 2.48 bits per heavy atom. The first-order valence-corrected chi connectivity index (χ1v) is 12.4. The number of esters is 1. The average molecular weight is 449 g/mol. The smallest absolute Gasteiger partial charge is 0.313 e. The van der Waals surface area contributed by atoms with Crippen LogP contribution in [0.5, 0.6) is 5.75 Å². The van der Waals surface area contributed by atoms with Crippen LogP contribution in [0.3, 0.4) is 0 Å². The van der Waals surface area contributed by atoms with E-state index < -0.39 is 0 Å². The van der Waals surface area contributed by atoms with Crippen LogP contribution >= 0.6 is 0 Å². The molecule has 0 radical (unpaired) electrons. The molecular weight excluding hydrogens is 412 g/mol. The summed E-state index contributed by atoms with van der Waals surface area (Å²) in [7, 11) is 0. The molecule has 0 saturated carbocycles. The summed E-state index contributed by atoms with van der Waals surface area (Å²) in [5.41, 5.74) is 3.59. The van der Waals surface area contributed by atoms with Crippen molar-refractivity contribution in [3.8, 4) is 5.75 Å². The molecule has 4 rings (SSSR count). The highest BCUT2D eigenvalue weighted by atomic mass is 16.5. The van der Waals surface area contributed by atoms with Crippen LogP contribution in [0.2, 0.25) is 0 Å². The van der Waals surface area contributed by atoms with E-state index in [1.165, 1.54) is 19.3 Å². The second-order valence-corrected chi connectivity index (χ2v) is 9.72. The zero-order chi connectivity index (χ0) is 23.7. The topological polar surface area (TPSA) is 61.4 Å². The molecule has 0 saturated heterocycles. The fraction of sp³-hybridized carbons (Fsp3) is 0.519. The quantitative estimate of drug-likeness (QED) is 0.266. The minimum Gasteiger partial charge on any atom is -0.424 e. The molecule has 0 aliphatic heterocycles. The highest BCUT2D eigenvalue weighted by Gasteiger charge is 2.24. The van der Waals surface area contributed by atoms with Gasteiger partial charge in [-0.2, -0.15) is 0 Å². The van der Waals surface area contributed by atoms with Gasteiger partial charge in [0.15, 0.2) is 11.4 Å². The van der Waals surface area contributed by atoms with Gasteiger partial charge < -0.3 is 9.30 Å². The fourth-order valence-corrected chi connectivity index (χ4v) is 4.46. The molecular formula is C27H36N4O2. The van der Waals surface area contributed by atoms with E-state index in [9.17, 15) is 4.79 Å². The van der Waals surface area contributed by atoms with Crippen molar-refractivity contribution in [3.63, 3.8) is 0 Å². The molecule has 6 nitrogen and oxygen atoms in total. The van der Waals surface area contributed by atoms with Crippen LogP contribution in [0, 0.1) is 11.8 Å². The van der Waals surface area contributed by atoms with Gasteiger partial charge in [-0.3, -0.25) is 9.20 Å². The molecule has 33 heavy (non-hydrogen) atoms. The largest absolute Gasteiger partial charge is 0.424 e. The third-order valence-corrected chi connectivity index (χ3v) is 6.45. The van der Waals surface area contributed by atoms with Crippen LogP contribution < -0.4 is 4.74 Å². The number of aromatic nitrogens is 4. The van der Waals surface area contributed by atoms with Crippen molar-refractivity contribution in [3.05, 3.63) is 36.3 Å². The summed E-state index contributed by atoms with van der Waals surface area (Å²) in [5.74, 6) is 1.82. The van der Waals surface area contributed by atoms with Crippen molar-refractivity contribution < 1.29 is 9.53 Å². The molecule has 0 bridgehead atoms. The summed E-state index contributed by atoms with van der Waals surface area (Å²) in [4.78, 5) is 22.7. The van der Waals surface area contributed by atoms with Crippen LogP contribution in [0.1, 0.15) is 79.0 Å². The van der Waals surface area contributed by atoms with Crippen molar-refractivity contribution >= 4 is 33.7 Å². The Morgan fingerprint density at radius 2 is 1.82 bits per heavy atom. The first kappa shape index (κ1) is 23.3. The van der Waals surface area contributed by atoms with E-state index in [2.05, 4.69) is 42.7 Å². The normalized spacial score (nSPS) is 13.1. The Balaban J connectivity index is 2.00. The minimum absolute atomic E-state index is 0.210. The van der Waals surface area contributed by atoms with Crippen LogP contribution in [0.4, 0.5) is 0 Å². The molecule has 0 spiro atoms. The van der Waals surface area contributed by atoms with Gasteiger partial charge in [0.05, 0.1) is 17.0 Å². The van der Waals surface area contributed by atoms with Crippen LogP contribution in [-0.4, -0.2) is 24.9 Å². The number of carbonyl (C=O) groups is 1. The summed E-state index contributed by atoms with van der Waals surface area (Å²) in [5, 5.41) is 0.815. The van der Waals surface area contributed by atoms with Gasteiger partial charge >= 0.3 is 5.97 Å². The molecule has 0 N–H and O–H groups in total. The lowest BCUT2D eigenvalue weighted by Crippen LogP contribution is -2.14. The number of ether oxygens (including phenoxy) is 1. The van der Waals surface area contributed by atoms with E-state index in [-0.39, 0.29) is 17.8 Å². The molecule has 0 aliphatic carbocycles. The highest BCUT2D eigenvalue weighted by molar-refractivity contribution is 6.01. The monoisotopic (exact) mass is 448 g/mol. The van der Waals surface area contributed by atoms with Gasteiger partial charge in [0, 0.05) is 18.7 Å². The molecule has 6 heteroatoms. The predicted molar refractivity (Wildman–Crippen MR) is 134 cm³/mol. The molecule has 0 amide bonds. The Bertz CT molecular complexity index is 1280. The SMILES string of the molecule is CCCC[C@@H](CC)Cn1cc(OC(=O)C(C)C)c2c1nc(C(C)C)n1c3ccccc3nc21. The molecule has 1 atom stereocenters. The van der Waals surface area contributed by atoms with Crippen molar-refractivity contribution in [1.82, 2.24) is 18.9 Å². The van der Waals surface area contributed by atoms with Crippen LogP contribution in [-0.2, 0) is 11.3 Å². The lowest BCUT2D eigenvalue weighted by atomic mass is 9.99. The number of hydrogen-bond acceptors (Lipinski definition) is 4. The number of imidazole rings is 1. The highest BCUT2D eigenvalue weighted by Crippen LogP contribution is 2.36. The van der Waals surface area contributed by atoms with Gasteiger partial charge in [-0.15, -0.1) is 0 Å². The van der Waals surface area contributed by atoms with E-state index >= 15 is 0 Å². The van der Waals surface area contributed by atoms with E-state index in [1.807, 2.05) is 38.2 Å². The fourth-order valence-electron chi connectivity index (χ4n) is 4.46. The second-order valence-electron chi connectivity index (χ2n) is 9.72. The number of para-hydroxylation sites is 2. The zero-order valence-electron chi connectivity index (χ0n) is 20.8. The third-order valence-electron chi connectivity index (χ3n) is 6.45. The van der Waals surface area contributed by atoms with Gasteiger partial charge in [-0.1, -0.05) is 72.9 Å². The number of benzene rings is 1. The minimum atomic E-state index is -0.241. The second kappa shape index (κ2) is 9.54. The molecule has 3 aromatic heterocycles. The summed E-state index contributed by atoms with van der Waals surface area (Å²) in [6.07, 6.45) is 6.66. The van der Waals surface area contributed by atoms with Crippen LogP contribution in [0.15, 0.2) is 30.5 Å². The van der Waals surface area contributed by atoms with Gasteiger partial charge in [0.25, 0.3) is 0 Å². The molecule has 0 fully saturated rings. The number of nitrogens with zero attached hydrogens (tertiary/aromatic N) is 4. The molecule has 0 unspecified atom stereocenters. The molecule has 0 aliphatic rings. The van der Waals surface area contributed by atoms with E-state index in [0.29, 0.717) is 11.7 Å². The maximum atomic E-state index is 12.6. The molecule has 3 heterocycles. The summed E-state index contributed by atoms with van der Waals surface area (Å²) in [6.45, 7) is 13.4. The van der Waals surface area contributed by atoms with E-state index in [0.717, 1.165) is 46.5 Å². The van der Waals surface area contributed by atoms with Gasteiger partial charge in [-0.05, 0) is 24.5 Å². The molecule has 176 valence electrons. The number of hydrogen-bond donors (Lipinski definition) is 0. The average Bonchev–Trinajstić information content (AvgIpc) is 3.34. The van der Waals surface area contributed by atoms with Crippen LogP contribution in [0.25, 0.3) is 27.7 Å². The van der Waals surface area contributed by atoms with Gasteiger partial charge in [-0.25, -0.2) is 9.97 Å². The Kier molecular flexibility index (Phi) is 6.73. The number of rotatable bonds is 9. The first-order valence-electron chi connectivity index (χ1n) is 12.4. The van der Waals surface area contributed by atoms with Gasteiger partial charge in [0.1, 0.15) is 16.9 Å². The van der Waals surface area contributed by atoms with E-state index in [1.54, 1.807) is 0 Å². The molecule has 1 aromatic carbocycles. The van der Waals surface area contributed by atoms with Crippen molar-refractivity contribution in [2.45, 2.75) is 79.7 Å². The summed E-state index contributed by atoms with van der Waals surface area (Å²) in [6, 6.07) is 8.12.